The predicted octanol–water partition coefficient (Wildman–Crippen LogP) is 2.98. The van der Waals surface area contributed by atoms with Gasteiger partial charge in [-0.25, -0.2) is 8.42 Å². The number of rotatable bonds is 6. The number of benzene rings is 2. The third-order valence-corrected chi connectivity index (χ3v) is 4.19. The Bertz CT molecular complexity index is 707. The third kappa shape index (κ3) is 4.07. The van der Waals surface area contributed by atoms with E-state index in [0.29, 0.717) is 0 Å². The molecule has 2 aromatic rings. The van der Waals surface area contributed by atoms with Gasteiger partial charge in [0.25, 0.3) is 10.0 Å². The lowest BCUT2D eigenvalue weighted by molar-refractivity contribution is 0.0409. The summed E-state index contributed by atoms with van der Waals surface area (Å²) in [6.45, 7) is 3.49. The van der Waals surface area contributed by atoms with Crippen molar-refractivity contribution in [1.29, 1.82) is 0 Å². The molecule has 0 heterocycles. The molecular formula is C16H19NO4S. The van der Waals surface area contributed by atoms with Crippen LogP contribution in [0, 0.1) is 0 Å². The minimum atomic E-state index is -3.66. The molecule has 0 saturated carbocycles. The van der Waals surface area contributed by atoms with E-state index in [9.17, 15) is 8.42 Å². The number of hydrogen-bond donors (Lipinski definition) is 1. The van der Waals surface area contributed by atoms with E-state index in [1.54, 1.807) is 45.2 Å². The van der Waals surface area contributed by atoms with Gasteiger partial charge < -0.3 is 4.74 Å². The Kier molecular flexibility index (Phi) is 5.18. The average Bonchev–Trinajstić information content (AvgIpc) is 2.53. The van der Waals surface area contributed by atoms with E-state index >= 15 is 0 Å². The molecule has 5 nitrogen and oxygen atoms in total. The zero-order valence-corrected chi connectivity index (χ0v) is 13.6. The fourth-order valence-corrected chi connectivity index (χ4v) is 2.73. The Labute approximate surface area is 130 Å². The highest BCUT2D eigenvalue weighted by atomic mass is 32.2. The molecule has 118 valence electrons. The van der Waals surface area contributed by atoms with Crippen LogP contribution in [-0.4, -0.2) is 21.6 Å². The molecule has 0 aliphatic heterocycles. The lowest BCUT2D eigenvalue weighted by Gasteiger charge is -2.10. The molecule has 22 heavy (non-hydrogen) atoms. The van der Waals surface area contributed by atoms with Gasteiger partial charge in [-0.05, 0) is 49.2 Å². The summed E-state index contributed by atoms with van der Waals surface area (Å²) in [6.07, 6.45) is -0.228. The standard InChI is InChI=1S/C16H19NO4S/c1-12(2)21-17-22(18,19)16-10-6-14(7-11-16)13-4-8-15(20-3)9-5-13/h4-12,17H,1-3H3. The summed E-state index contributed by atoms with van der Waals surface area (Å²) in [4.78, 5) is 7.21. The van der Waals surface area contributed by atoms with Gasteiger partial charge >= 0.3 is 0 Å². The van der Waals surface area contributed by atoms with Crippen molar-refractivity contribution >= 4 is 10.0 Å². The van der Waals surface area contributed by atoms with Gasteiger partial charge in [-0.3, -0.25) is 4.84 Å². The van der Waals surface area contributed by atoms with Crippen LogP contribution in [0.1, 0.15) is 13.8 Å². The van der Waals surface area contributed by atoms with E-state index < -0.39 is 10.0 Å². The zero-order valence-electron chi connectivity index (χ0n) is 12.7. The Balaban J connectivity index is 2.19. The molecule has 0 radical (unpaired) electrons. The van der Waals surface area contributed by atoms with Crippen LogP contribution in [0.2, 0.25) is 0 Å². The quantitative estimate of drug-likeness (QED) is 0.831. The van der Waals surface area contributed by atoms with Crippen molar-refractivity contribution in [2.24, 2.45) is 0 Å². The maximum Gasteiger partial charge on any atom is 0.262 e. The van der Waals surface area contributed by atoms with Crippen molar-refractivity contribution in [2.45, 2.75) is 24.8 Å². The SMILES string of the molecule is COc1ccc(-c2ccc(S(=O)(=O)NOC(C)C)cc2)cc1. The Morgan fingerprint density at radius 1 is 0.909 bits per heavy atom. The van der Waals surface area contributed by atoms with E-state index in [-0.39, 0.29) is 11.0 Å². The lowest BCUT2D eigenvalue weighted by atomic mass is 10.1. The summed E-state index contributed by atoms with van der Waals surface area (Å²) in [7, 11) is -2.05. The molecule has 0 aliphatic carbocycles. The highest BCUT2D eigenvalue weighted by Crippen LogP contribution is 2.23. The van der Waals surface area contributed by atoms with Crippen LogP contribution in [0.3, 0.4) is 0 Å². The molecule has 0 aliphatic rings. The largest absolute Gasteiger partial charge is 0.497 e. The minimum absolute atomic E-state index is 0.158. The maximum absolute atomic E-state index is 12.0. The van der Waals surface area contributed by atoms with Crippen molar-refractivity contribution in [3.63, 3.8) is 0 Å². The first-order valence-corrected chi connectivity index (χ1v) is 8.32. The van der Waals surface area contributed by atoms with Crippen LogP contribution >= 0.6 is 0 Å². The first kappa shape index (κ1) is 16.5. The zero-order chi connectivity index (χ0) is 16.2. The van der Waals surface area contributed by atoms with E-state index in [2.05, 4.69) is 4.89 Å². The number of sulfonamides is 1. The molecular weight excluding hydrogens is 302 g/mol. The van der Waals surface area contributed by atoms with Crippen LogP contribution in [0.15, 0.2) is 53.4 Å². The van der Waals surface area contributed by atoms with Gasteiger partial charge in [0.15, 0.2) is 0 Å². The molecule has 0 unspecified atom stereocenters. The Morgan fingerprint density at radius 3 is 1.86 bits per heavy atom. The average molecular weight is 321 g/mol. The van der Waals surface area contributed by atoms with Crippen LogP contribution in [0.5, 0.6) is 5.75 Å². The summed E-state index contributed by atoms with van der Waals surface area (Å²) in [5, 5.41) is 0. The number of ether oxygens (including phenoxy) is 1. The van der Waals surface area contributed by atoms with Crippen molar-refractivity contribution in [2.75, 3.05) is 7.11 Å². The Morgan fingerprint density at radius 2 is 1.41 bits per heavy atom. The van der Waals surface area contributed by atoms with Crippen molar-refractivity contribution < 1.29 is 18.0 Å². The smallest absolute Gasteiger partial charge is 0.262 e. The lowest BCUT2D eigenvalue weighted by Crippen LogP contribution is -2.27. The van der Waals surface area contributed by atoms with Gasteiger partial charge in [0.2, 0.25) is 0 Å². The van der Waals surface area contributed by atoms with Crippen molar-refractivity contribution in [1.82, 2.24) is 4.89 Å². The number of methoxy groups -OCH3 is 1. The summed E-state index contributed by atoms with van der Waals surface area (Å²) >= 11 is 0. The van der Waals surface area contributed by atoms with Gasteiger partial charge in [0.1, 0.15) is 5.75 Å². The van der Waals surface area contributed by atoms with Crippen LogP contribution in [0.25, 0.3) is 11.1 Å². The molecule has 0 fully saturated rings. The molecule has 0 bridgehead atoms. The summed E-state index contributed by atoms with van der Waals surface area (Å²) in [6, 6.07) is 14.2. The first-order chi connectivity index (χ1) is 10.4. The fourth-order valence-electron chi connectivity index (χ4n) is 1.82. The second kappa shape index (κ2) is 6.91. The monoisotopic (exact) mass is 321 g/mol. The minimum Gasteiger partial charge on any atom is -0.497 e. The second-order valence-corrected chi connectivity index (χ2v) is 6.65. The van der Waals surface area contributed by atoms with Gasteiger partial charge in [0.05, 0.1) is 18.1 Å². The van der Waals surface area contributed by atoms with Crippen LogP contribution in [-0.2, 0) is 14.9 Å². The highest BCUT2D eigenvalue weighted by Gasteiger charge is 2.14. The Hall–Kier alpha value is -1.89. The van der Waals surface area contributed by atoms with E-state index in [4.69, 9.17) is 9.57 Å². The predicted molar refractivity (Wildman–Crippen MR) is 85.0 cm³/mol. The molecule has 6 heteroatoms. The number of hydrogen-bond acceptors (Lipinski definition) is 4. The van der Waals surface area contributed by atoms with Gasteiger partial charge in [0, 0.05) is 0 Å². The van der Waals surface area contributed by atoms with E-state index in [0.717, 1.165) is 16.9 Å². The van der Waals surface area contributed by atoms with Gasteiger partial charge in [-0.2, -0.15) is 0 Å². The van der Waals surface area contributed by atoms with Crippen molar-refractivity contribution in [3.8, 4) is 16.9 Å². The number of nitrogens with one attached hydrogen (secondary N) is 1. The molecule has 2 rings (SSSR count). The van der Waals surface area contributed by atoms with Crippen molar-refractivity contribution in [3.05, 3.63) is 48.5 Å². The summed E-state index contributed by atoms with van der Waals surface area (Å²) in [5.41, 5.74) is 1.91. The first-order valence-electron chi connectivity index (χ1n) is 6.84. The van der Waals surface area contributed by atoms with Gasteiger partial charge in [-0.1, -0.05) is 29.2 Å². The fraction of sp³-hybridized carbons (Fsp3) is 0.250. The van der Waals surface area contributed by atoms with E-state index in [1.807, 2.05) is 24.3 Å². The molecule has 0 aromatic heterocycles. The maximum atomic E-state index is 12.0. The third-order valence-electron chi connectivity index (χ3n) is 2.98. The molecule has 0 saturated heterocycles. The molecule has 0 atom stereocenters. The van der Waals surface area contributed by atoms with Crippen LogP contribution < -0.4 is 9.62 Å². The summed E-state index contributed by atoms with van der Waals surface area (Å²) < 4.78 is 29.1. The highest BCUT2D eigenvalue weighted by molar-refractivity contribution is 7.89. The molecule has 2 aromatic carbocycles. The molecule has 0 amide bonds. The normalized spacial score (nSPS) is 11.6. The summed E-state index contributed by atoms with van der Waals surface area (Å²) in [5.74, 6) is 0.776. The molecule has 0 spiro atoms. The van der Waals surface area contributed by atoms with Gasteiger partial charge in [-0.15, -0.1) is 0 Å². The topological polar surface area (TPSA) is 64.6 Å². The van der Waals surface area contributed by atoms with E-state index in [1.165, 1.54) is 0 Å². The molecule has 1 N–H and O–H groups in total. The second-order valence-electron chi connectivity index (χ2n) is 5.01. The van der Waals surface area contributed by atoms with Crippen LogP contribution in [0.4, 0.5) is 0 Å².